The molecule has 0 aliphatic heterocycles. The topological polar surface area (TPSA) is 129 Å². The highest BCUT2D eigenvalue weighted by Gasteiger charge is 2.17. The lowest BCUT2D eigenvalue weighted by Gasteiger charge is -1.99. The standard InChI is InChI=1S/C13H23N9/c1-20-12(16)11(10-17-20)18-19-13-21(6-2-4-14)8-9-22(13)7-3-5-15/h8-10,16H,2-7,14-15H2,1H3/p+1. The third kappa shape index (κ3) is 3.68. The molecule has 6 N–H and O–H groups in total. The van der Waals surface area contributed by atoms with Crippen molar-refractivity contribution in [3.8, 4) is 0 Å². The molecule has 9 heteroatoms. The minimum atomic E-state index is 0.484. The summed E-state index contributed by atoms with van der Waals surface area (Å²) >= 11 is 0. The number of azo groups is 1. The van der Waals surface area contributed by atoms with Gasteiger partial charge in [0.1, 0.15) is 0 Å². The predicted octanol–water partition coefficient (Wildman–Crippen LogP) is 0.204. The maximum absolute atomic E-state index is 5.88. The molecule has 0 atom stereocenters. The monoisotopic (exact) mass is 306 g/mol. The zero-order chi connectivity index (χ0) is 15.9. The van der Waals surface area contributed by atoms with Crippen LogP contribution in [0.25, 0.3) is 0 Å². The number of rotatable bonds is 8. The van der Waals surface area contributed by atoms with E-state index >= 15 is 0 Å². The molecule has 0 saturated heterocycles. The summed E-state index contributed by atoms with van der Waals surface area (Å²) < 4.78 is 5.61. The molecule has 0 bridgehead atoms. The van der Waals surface area contributed by atoms with Crippen LogP contribution in [-0.2, 0) is 20.1 Å². The predicted molar refractivity (Wildman–Crippen MR) is 83.8 cm³/mol. The average molecular weight is 306 g/mol. The van der Waals surface area contributed by atoms with Crippen LogP contribution in [0, 0.1) is 0 Å². The summed E-state index contributed by atoms with van der Waals surface area (Å²) in [7, 11) is 1.76. The molecule has 9 nitrogen and oxygen atoms in total. The SMILES string of the molecule is Cn1ncc(N=Nc2n(CCCN)cc[n+]2CCCN)c1N. The van der Waals surface area contributed by atoms with Gasteiger partial charge in [-0.2, -0.15) is 5.10 Å². The first-order valence-electron chi connectivity index (χ1n) is 7.35. The van der Waals surface area contributed by atoms with Gasteiger partial charge in [-0.1, -0.05) is 5.11 Å². The highest BCUT2D eigenvalue weighted by molar-refractivity contribution is 5.55. The van der Waals surface area contributed by atoms with E-state index in [4.69, 9.17) is 17.2 Å². The van der Waals surface area contributed by atoms with Crippen LogP contribution in [0.4, 0.5) is 17.5 Å². The van der Waals surface area contributed by atoms with Crippen molar-refractivity contribution < 1.29 is 4.57 Å². The third-order valence-electron chi connectivity index (χ3n) is 3.36. The van der Waals surface area contributed by atoms with Crippen LogP contribution in [0.3, 0.4) is 0 Å². The van der Waals surface area contributed by atoms with Crippen molar-refractivity contribution in [1.29, 1.82) is 0 Å². The molecule has 0 unspecified atom stereocenters. The van der Waals surface area contributed by atoms with E-state index in [1.54, 1.807) is 17.9 Å². The van der Waals surface area contributed by atoms with Crippen LogP contribution in [0.5, 0.6) is 0 Å². The Morgan fingerprint density at radius 2 is 2.00 bits per heavy atom. The zero-order valence-electron chi connectivity index (χ0n) is 12.9. The van der Waals surface area contributed by atoms with Crippen molar-refractivity contribution in [2.24, 2.45) is 28.7 Å². The lowest BCUT2D eigenvalue weighted by Crippen LogP contribution is -2.33. The smallest absolute Gasteiger partial charge is 0.382 e. The van der Waals surface area contributed by atoms with Crippen LogP contribution in [0.15, 0.2) is 28.8 Å². The molecule has 120 valence electrons. The fraction of sp³-hybridized carbons (Fsp3) is 0.538. The van der Waals surface area contributed by atoms with Gasteiger partial charge >= 0.3 is 5.95 Å². The van der Waals surface area contributed by atoms with E-state index in [0.717, 1.165) is 31.9 Å². The molecule has 22 heavy (non-hydrogen) atoms. The Bertz CT molecular complexity index is 600. The van der Waals surface area contributed by atoms with Gasteiger partial charge in [-0.25, -0.2) is 9.13 Å². The molecule has 0 aliphatic rings. The molecule has 0 saturated carbocycles. The lowest BCUT2D eigenvalue weighted by atomic mass is 10.4. The summed E-state index contributed by atoms with van der Waals surface area (Å²) in [6.45, 7) is 2.85. The molecular weight excluding hydrogens is 282 g/mol. The van der Waals surface area contributed by atoms with E-state index in [0.29, 0.717) is 24.6 Å². The highest BCUT2D eigenvalue weighted by atomic mass is 15.3. The average Bonchev–Trinajstić information content (AvgIpc) is 3.05. The van der Waals surface area contributed by atoms with E-state index in [-0.39, 0.29) is 0 Å². The van der Waals surface area contributed by atoms with Crippen molar-refractivity contribution >= 4 is 17.5 Å². The molecule has 0 aliphatic carbocycles. The summed E-state index contributed by atoms with van der Waals surface area (Å²) in [5.74, 6) is 1.24. The largest absolute Gasteiger partial charge is 0.421 e. The fourth-order valence-corrected chi connectivity index (χ4v) is 2.06. The van der Waals surface area contributed by atoms with Gasteiger partial charge in [-0.15, -0.1) is 0 Å². The summed E-state index contributed by atoms with van der Waals surface area (Å²) in [5.41, 5.74) is 17.6. The van der Waals surface area contributed by atoms with Crippen LogP contribution < -0.4 is 21.8 Å². The van der Waals surface area contributed by atoms with E-state index in [2.05, 4.69) is 15.3 Å². The zero-order valence-corrected chi connectivity index (χ0v) is 12.9. The third-order valence-corrected chi connectivity index (χ3v) is 3.36. The van der Waals surface area contributed by atoms with Crippen LogP contribution in [-0.4, -0.2) is 27.4 Å². The normalized spacial score (nSPS) is 11.6. The highest BCUT2D eigenvalue weighted by Crippen LogP contribution is 2.22. The molecule has 0 fully saturated rings. The van der Waals surface area contributed by atoms with Gasteiger partial charge in [0, 0.05) is 12.2 Å². The number of nitrogens with zero attached hydrogens (tertiary/aromatic N) is 6. The van der Waals surface area contributed by atoms with Gasteiger partial charge in [0.05, 0.1) is 31.7 Å². The maximum Gasteiger partial charge on any atom is 0.421 e. The first-order valence-corrected chi connectivity index (χ1v) is 7.35. The molecule has 0 radical (unpaired) electrons. The minimum Gasteiger partial charge on any atom is -0.382 e. The van der Waals surface area contributed by atoms with Crippen molar-refractivity contribution in [3.63, 3.8) is 0 Å². The fourth-order valence-electron chi connectivity index (χ4n) is 2.06. The number of hydrogen-bond acceptors (Lipinski definition) is 6. The van der Waals surface area contributed by atoms with E-state index in [1.807, 2.05) is 21.5 Å². The van der Waals surface area contributed by atoms with Gasteiger partial charge in [0.15, 0.2) is 11.5 Å². The molecule has 2 aromatic rings. The Labute approximate surface area is 129 Å². The van der Waals surface area contributed by atoms with Gasteiger partial charge in [-0.3, -0.25) is 4.68 Å². The van der Waals surface area contributed by atoms with E-state index in [1.165, 1.54) is 0 Å². The Hall–Kier alpha value is -2.26. The first-order chi connectivity index (χ1) is 10.7. The molecule has 2 rings (SSSR count). The summed E-state index contributed by atoms with van der Waals surface area (Å²) in [6, 6.07) is 0. The summed E-state index contributed by atoms with van der Waals surface area (Å²) in [6.07, 6.45) is 7.31. The van der Waals surface area contributed by atoms with Gasteiger partial charge in [-0.05, 0) is 25.9 Å². The number of nitrogen functional groups attached to an aromatic ring is 1. The van der Waals surface area contributed by atoms with Crippen molar-refractivity contribution in [3.05, 3.63) is 18.6 Å². The lowest BCUT2D eigenvalue weighted by molar-refractivity contribution is -0.683. The maximum atomic E-state index is 5.88. The Balaban J connectivity index is 2.25. The number of imidazole rings is 1. The summed E-state index contributed by atoms with van der Waals surface area (Å²) in [4.78, 5) is 0. The number of aryl methyl sites for hydroxylation is 3. The second-order valence-corrected chi connectivity index (χ2v) is 5.01. The second kappa shape index (κ2) is 7.66. The van der Waals surface area contributed by atoms with Crippen molar-refractivity contribution in [2.45, 2.75) is 25.9 Å². The molecule has 0 amide bonds. The van der Waals surface area contributed by atoms with Crippen LogP contribution in [0.1, 0.15) is 12.8 Å². The van der Waals surface area contributed by atoms with Crippen LogP contribution in [0.2, 0.25) is 0 Å². The second-order valence-electron chi connectivity index (χ2n) is 5.01. The number of nitrogens with two attached hydrogens (primary N) is 3. The van der Waals surface area contributed by atoms with E-state index in [9.17, 15) is 0 Å². The Morgan fingerprint density at radius 3 is 2.64 bits per heavy atom. The summed E-state index contributed by atoms with van der Waals surface area (Å²) in [5, 5.41) is 12.6. The number of aromatic nitrogens is 4. The van der Waals surface area contributed by atoms with Crippen molar-refractivity contribution in [1.82, 2.24) is 14.3 Å². The van der Waals surface area contributed by atoms with Gasteiger partial charge < -0.3 is 17.2 Å². The Kier molecular flexibility index (Phi) is 5.61. The number of hydrogen-bond donors (Lipinski definition) is 3. The van der Waals surface area contributed by atoms with Gasteiger partial charge in [0.2, 0.25) is 0 Å². The minimum absolute atomic E-state index is 0.484. The quantitative estimate of drug-likeness (QED) is 0.475. The molecule has 0 spiro atoms. The molecular formula is C13H24N9+. The molecule has 2 heterocycles. The number of anilines is 1. The molecule has 0 aromatic carbocycles. The van der Waals surface area contributed by atoms with E-state index < -0.39 is 0 Å². The first kappa shape index (κ1) is 16.1. The van der Waals surface area contributed by atoms with Crippen molar-refractivity contribution in [2.75, 3.05) is 18.8 Å². The van der Waals surface area contributed by atoms with Gasteiger partial charge in [0.25, 0.3) is 0 Å². The Morgan fingerprint density at radius 1 is 1.23 bits per heavy atom. The molecule has 2 aromatic heterocycles. The van der Waals surface area contributed by atoms with Crippen LogP contribution >= 0.6 is 0 Å².